The second kappa shape index (κ2) is 7.93. The fraction of sp³-hybridized carbons (Fsp3) is 0.381. The molecule has 2 aromatic carbocycles. The van der Waals surface area contributed by atoms with Gasteiger partial charge >= 0.3 is 0 Å². The molecule has 1 aliphatic rings. The number of anilines is 1. The lowest BCUT2D eigenvalue weighted by Gasteiger charge is -2.19. The zero-order valence-corrected chi connectivity index (χ0v) is 17.2. The zero-order chi connectivity index (χ0) is 20.4. The van der Waals surface area contributed by atoms with Crippen LogP contribution in [0.25, 0.3) is 0 Å². The molecule has 0 aromatic heterocycles. The molecule has 0 atom stereocenters. The molecule has 0 spiro atoms. The van der Waals surface area contributed by atoms with Crippen molar-refractivity contribution in [3.8, 4) is 5.75 Å². The number of carbonyl (C=O) groups excluding carboxylic acids is 1. The Kier molecular flexibility index (Phi) is 5.76. The summed E-state index contributed by atoms with van der Waals surface area (Å²) in [6, 6.07) is 13.9. The van der Waals surface area contributed by atoms with Crippen LogP contribution in [0.5, 0.6) is 5.75 Å². The van der Waals surface area contributed by atoms with Crippen molar-refractivity contribution in [1.82, 2.24) is 4.72 Å². The molecular weight excluding hydrogens is 376 g/mol. The van der Waals surface area contributed by atoms with E-state index in [1.807, 2.05) is 18.2 Å². The van der Waals surface area contributed by atoms with Gasteiger partial charge in [0.15, 0.2) is 6.61 Å². The summed E-state index contributed by atoms with van der Waals surface area (Å²) < 4.78 is 32.8. The Labute approximate surface area is 166 Å². The van der Waals surface area contributed by atoms with E-state index in [4.69, 9.17) is 4.74 Å². The first-order valence-corrected chi connectivity index (χ1v) is 10.8. The number of nitrogens with one attached hydrogen (secondary N) is 2. The van der Waals surface area contributed by atoms with Crippen molar-refractivity contribution in [3.63, 3.8) is 0 Å². The predicted octanol–water partition coefficient (Wildman–Crippen LogP) is 3.44. The summed E-state index contributed by atoms with van der Waals surface area (Å²) >= 11 is 0. The Hall–Kier alpha value is -2.38. The quantitative estimate of drug-likeness (QED) is 0.743. The van der Waals surface area contributed by atoms with Gasteiger partial charge in [0.2, 0.25) is 10.0 Å². The number of benzene rings is 2. The van der Waals surface area contributed by atoms with Crippen molar-refractivity contribution < 1.29 is 17.9 Å². The molecule has 1 fully saturated rings. The molecule has 3 rings (SSSR count). The standard InChI is InChI=1S/C21H26N2O4S/c1-21(2,3)15-6-4-8-18(12-15)27-14-20(24)22-17-7-5-9-19(13-17)28(25,26)23-16-10-11-16/h4-9,12-13,16,23H,10-11,14H2,1-3H3,(H,22,24). The van der Waals surface area contributed by atoms with Gasteiger partial charge in [-0.1, -0.05) is 39.0 Å². The van der Waals surface area contributed by atoms with Gasteiger partial charge in [-0.25, -0.2) is 13.1 Å². The molecule has 0 unspecified atom stereocenters. The highest BCUT2D eigenvalue weighted by molar-refractivity contribution is 7.89. The van der Waals surface area contributed by atoms with Crippen molar-refractivity contribution >= 4 is 21.6 Å². The number of carbonyl (C=O) groups is 1. The first-order valence-electron chi connectivity index (χ1n) is 9.29. The van der Waals surface area contributed by atoms with Gasteiger partial charge in [0.25, 0.3) is 5.91 Å². The minimum atomic E-state index is -3.56. The van der Waals surface area contributed by atoms with Gasteiger partial charge in [-0.2, -0.15) is 0 Å². The van der Waals surface area contributed by atoms with E-state index in [1.54, 1.807) is 18.2 Å². The van der Waals surface area contributed by atoms with Crippen LogP contribution in [-0.4, -0.2) is 27.0 Å². The second-order valence-electron chi connectivity index (χ2n) is 8.04. The lowest BCUT2D eigenvalue weighted by atomic mass is 9.87. The first kappa shape index (κ1) is 20.4. The summed E-state index contributed by atoms with van der Waals surface area (Å²) in [5.41, 5.74) is 1.52. The van der Waals surface area contributed by atoms with Crippen LogP contribution in [0, 0.1) is 0 Å². The Morgan fingerprint density at radius 1 is 1.11 bits per heavy atom. The minimum Gasteiger partial charge on any atom is -0.484 e. The maximum atomic E-state index is 12.3. The smallest absolute Gasteiger partial charge is 0.262 e. The summed E-state index contributed by atoms with van der Waals surface area (Å²) in [4.78, 5) is 12.4. The van der Waals surface area contributed by atoms with E-state index < -0.39 is 10.0 Å². The molecule has 2 N–H and O–H groups in total. The van der Waals surface area contributed by atoms with E-state index in [1.165, 1.54) is 12.1 Å². The Morgan fingerprint density at radius 3 is 2.50 bits per heavy atom. The SMILES string of the molecule is CC(C)(C)c1cccc(OCC(=O)Nc2cccc(S(=O)(=O)NC3CC3)c2)c1. The molecule has 150 valence electrons. The van der Waals surface area contributed by atoms with Gasteiger partial charge in [-0.15, -0.1) is 0 Å². The van der Waals surface area contributed by atoms with Gasteiger partial charge in [0, 0.05) is 11.7 Å². The fourth-order valence-corrected chi connectivity index (χ4v) is 3.98. The molecule has 1 amide bonds. The molecule has 7 heteroatoms. The number of hydrogen-bond acceptors (Lipinski definition) is 4. The molecular formula is C21H26N2O4S. The third kappa shape index (κ3) is 5.56. The van der Waals surface area contributed by atoms with Gasteiger partial charge in [-0.05, 0) is 54.2 Å². The van der Waals surface area contributed by atoms with E-state index in [-0.39, 0.29) is 28.9 Å². The lowest BCUT2D eigenvalue weighted by molar-refractivity contribution is -0.118. The number of ether oxygens (including phenoxy) is 1. The maximum absolute atomic E-state index is 12.3. The van der Waals surface area contributed by atoms with Crippen LogP contribution in [0.2, 0.25) is 0 Å². The van der Waals surface area contributed by atoms with Crippen LogP contribution in [0.1, 0.15) is 39.2 Å². The number of amides is 1. The average molecular weight is 403 g/mol. The summed E-state index contributed by atoms with van der Waals surface area (Å²) in [6.07, 6.45) is 1.73. The van der Waals surface area contributed by atoms with Crippen LogP contribution >= 0.6 is 0 Å². The van der Waals surface area contributed by atoms with Crippen LogP contribution in [-0.2, 0) is 20.2 Å². The van der Waals surface area contributed by atoms with E-state index in [2.05, 4.69) is 30.8 Å². The van der Waals surface area contributed by atoms with Crippen LogP contribution in [0.15, 0.2) is 53.4 Å². The number of sulfonamides is 1. The topological polar surface area (TPSA) is 84.5 Å². The van der Waals surface area contributed by atoms with E-state index in [0.717, 1.165) is 18.4 Å². The van der Waals surface area contributed by atoms with E-state index in [9.17, 15) is 13.2 Å². The van der Waals surface area contributed by atoms with Crippen molar-refractivity contribution in [2.75, 3.05) is 11.9 Å². The fourth-order valence-electron chi connectivity index (χ4n) is 2.63. The maximum Gasteiger partial charge on any atom is 0.262 e. The van der Waals surface area contributed by atoms with Gasteiger partial charge in [0.1, 0.15) is 5.75 Å². The van der Waals surface area contributed by atoms with Crippen molar-refractivity contribution in [3.05, 3.63) is 54.1 Å². The minimum absolute atomic E-state index is 0.0118. The monoisotopic (exact) mass is 402 g/mol. The zero-order valence-electron chi connectivity index (χ0n) is 16.4. The molecule has 28 heavy (non-hydrogen) atoms. The average Bonchev–Trinajstić information content (AvgIpc) is 3.43. The first-order chi connectivity index (χ1) is 13.1. The van der Waals surface area contributed by atoms with E-state index >= 15 is 0 Å². The molecule has 6 nitrogen and oxygen atoms in total. The van der Waals surface area contributed by atoms with Crippen LogP contribution in [0.4, 0.5) is 5.69 Å². The highest BCUT2D eigenvalue weighted by Gasteiger charge is 2.28. The number of rotatable bonds is 7. The summed E-state index contributed by atoms with van der Waals surface area (Å²) in [5.74, 6) is 0.262. The summed E-state index contributed by atoms with van der Waals surface area (Å²) in [5, 5.41) is 2.68. The highest BCUT2D eigenvalue weighted by Crippen LogP contribution is 2.26. The molecule has 0 aliphatic heterocycles. The molecule has 0 radical (unpaired) electrons. The van der Waals surface area contributed by atoms with Crippen LogP contribution < -0.4 is 14.8 Å². The van der Waals surface area contributed by atoms with Gasteiger partial charge < -0.3 is 10.1 Å². The molecule has 1 aliphatic carbocycles. The number of hydrogen-bond donors (Lipinski definition) is 2. The predicted molar refractivity (Wildman–Crippen MR) is 109 cm³/mol. The van der Waals surface area contributed by atoms with Crippen molar-refractivity contribution in [2.24, 2.45) is 0 Å². The normalized spacial score (nSPS) is 14.5. The highest BCUT2D eigenvalue weighted by atomic mass is 32.2. The molecule has 1 saturated carbocycles. The largest absolute Gasteiger partial charge is 0.484 e. The van der Waals surface area contributed by atoms with Gasteiger partial charge in [-0.3, -0.25) is 4.79 Å². The Morgan fingerprint density at radius 2 is 1.82 bits per heavy atom. The Balaban J connectivity index is 1.60. The third-order valence-corrected chi connectivity index (χ3v) is 5.92. The van der Waals surface area contributed by atoms with Gasteiger partial charge in [0.05, 0.1) is 4.90 Å². The molecule has 0 heterocycles. The molecule has 0 bridgehead atoms. The van der Waals surface area contributed by atoms with Crippen molar-refractivity contribution in [1.29, 1.82) is 0 Å². The van der Waals surface area contributed by atoms with Crippen molar-refractivity contribution in [2.45, 2.75) is 50.0 Å². The lowest BCUT2D eigenvalue weighted by Crippen LogP contribution is -2.26. The summed E-state index contributed by atoms with van der Waals surface area (Å²) in [7, 11) is -3.56. The van der Waals surface area contributed by atoms with E-state index in [0.29, 0.717) is 11.4 Å². The summed E-state index contributed by atoms with van der Waals surface area (Å²) in [6.45, 7) is 6.17. The third-order valence-electron chi connectivity index (χ3n) is 4.40. The second-order valence-corrected chi connectivity index (χ2v) is 9.75. The molecule has 0 saturated heterocycles. The Bertz CT molecular complexity index is 960. The molecule has 2 aromatic rings. The van der Waals surface area contributed by atoms with Crippen LogP contribution in [0.3, 0.4) is 0 Å².